The molecule has 0 aliphatic carbocycles. The Hall–Kier alpha value is -3.52. The van der Waals surface area contributed by atoms with Crippen LogP contribution in [0.1, 0.15) is 55.9 Å². The fourth-order valence-corrected chi connectivity index (χ4v) is 4.21. The van der Waals surface area contributed by atoms with Gasteiger partial charge in [0, 0.05) is 35.5 Å². The highest BCUT2D eigenvalue weighted by Gasteiger charge is 2.39. The highest BCUT2D eigenvalue weighted by atomic mass is 35.5. The van der Waals surface area contributed by atoms with Gasteiger partial charge >= 0.3 is 18.5 Å². The van der Waals surface area contributed by atoms with Crippen LogP contribution < -0.4 is 10.1 Å². The monoisotopic (exact) mass is 573 g/mol. The quantitative estimate of drug-likeness (QED) is 0.402. The zero-order chi connectivity index (χ0) is 28.4. The molecule has 1 aliphatic heterocycles. The first-order valence-corrected chi connectivity index (χ1v) is 12.4. The first kappa shape index (κ1) is 28.5. The number of carbonyl (C=O) groups excluding carboxylic acids is 2. The van der Waals surface area contributed by atoms with Crippen LogP contribution in [0, 0.1) is 0 Å². The molecular formula is C24H27ClF3N5O6. The maximum absolute atomic E-state index is 13.1. The van der Waals surface area contributed by atoms with Crippen molar-refractivity contribution in [2.75, 3.05) is 19.8 Å². The van der Waals surface area contributed by atoms with E-state index >= 15 is 0 Å². The Bertz CT molecular complexity index is 1320. The summed E-state index contributed by atoms with van der Waals surface area (Å²) in [5.41, 5.74) is 0.385. The highest BCUT2D eigenvalue weighted by Crippen LogP contribution is 2.33. The van der Waals surface area contributed by atoms with E-state index in [2.05, 4.69) is 20.3 Å². The third kappa shape index (κ3) is 7.76. The summed E-state index contributed by atoms with van der Waals surface area (Å²) in [6, 6.07) is 4.03. The van der Waals surface area contributed by atoms with Gasteiger partial charge in [0.2, 0.25) is 5.89 Å². The van der Waals surface area contributed by atoms with Crippen molar-refractivity contribution in [2.24, 2.45) is 0 Å². The predicted molar refractivity (Wildman–Crippen MR) is 130 cm³/mol. The Morgan fingerprint density at radius 3 is 2.67 bits per heavy atom. The van der Waals surface area contributed by atoms with Gasteiger partial charge in [0.25, 0.3) is 5.91 Å². The van der Waals surface area contributed by atoms with Crippen molar-refractivity contribution in [3.8, 4) is 6.08 Å². The summed E-state index contributed by atoms with van der Waals surface area (Å²) in [4.78, 5) is 27.5. The van der Waals surface area contributed by atoms with Gasteiger partial charge in [0.15, 0.2) is 0 Å². The number of nitrogens with zero attached hydrogens (tertiary/aromatic N) is 4. The average molecular weight is 574 g/mol. The first-order valence-electron chi connectivity index (χ1n) is 12.0. The van der Waals surface area contributed by atoms with Gasteiger partial charge in [-0.15, -0.1) is 18.3 Å². The minimum absolute atomic E-state index is 0.0212. The Morgan fingerprint density at radius 1 is 1.18 bits per heavy atom. The van der Waals surface area contributed by atoms with Crippen LogP contribution in [0.25, 0.3) is 5.52 Å². The molecule has 0 saturated carbocycles. The molecule has 3 aromatic heterocycles. The van der Waals surface area contributed by atoms with Crippen molar-refractivity contribution in [1.82, 2.24) is 24.8 Å². The number of likely N-dealkylation sites (tertiary alicyclic amines) is 1. The van der Waals surface area contributed by atoms with E-state index in [1.807, 2.05) is 0 Å². The van der Waals surface area contributed by atoms with E-state index in [1.54, 1.807) is 55.8 Å². The van der Waals surface area contributed by atoms with E-state index in [0.29, 0.717) is 23.4 Å². The summed E-state index contributed by atoms with van der Waals surface area (Å²) in [5.74, 6) is -0.301. The van der Waals surface area contributed by atoms with E-state index in [-0.39, 0.29) is 24.4 Å². The summed E-state index contributed by atoms with van der Waals surface area (Å²) in [6.07, 6.45) is -1.59. The zero-order valence-electron chi connectivity index (χ0n) is 21.3. The van der Waals surface area contributed by atoms with Crippen LogP contribution in [0.4, 0.5) is 18.0 Å². The van der Waals surface area contributed by atoms with Gasteiger partial charge in [-0.1, -0.05) is 16.7 Å². The van der Waals surface area contributed by atoms with E-state index in [1.165, 1.54) is 4.90 Å². The smallest absolute Gasteiger partial charge is 0.447 e. The number of amides is 2. The number of pyridine rings is 1. The number of alkyl halides is 3. The molecule has 0 aromatic carbocycles. The molecule has 0 bridgehead atoms. The van der Waals surface area contributed by atoms with Gasteiger partial charge < -0.3 is 23.6 Å². The molecule has 11 nitrogen and oxygen atoms in total. The molecule has 212 valence electrons. The number of halogens is 4. The number of hydrogen-bond acceptors (Lipinski definition) is 8. The van der Waals surface area contributed by atoms with E-state index in [4.69, 9.17) is 25.5 Å². The second kappa shape index (κ2) is 11.3. The summed E-state index contributed by atoms with van der Waals surface area (Å²) >= 11 is 6.03. The molecule has 1 N–H and O–H groups in total. The lowest BCUT2D eigenvalue weighted by Gasteiger charge is -2.38. The molecule has 0 unspecified atom stereocenters. The van der Waals surface area contributed by atoms with Gasteiger partial charge in [-0.3, -0.25) is 14.4 Å². The number of piperidine rings is 1. The minimum Gasteiger partial charge on any atom is -0.447 e. The van der Waals surface area contributed by atoms with Gasteiger partial charge in [-0.25, -0.2) is 4.79 Å². The third-order valence-electron chi connectivity index (χ3n) is 5.65. The number of nitrogens with one attached hydrogen (secondary N) is 1. The first-order chi connectivity index (χ1) is 18.3. The summed E-state index contributed by atoms with van der Waals surface area (Å²) in [7, 11) is 0. The fraction of sp³-hybridized carbons (Fsp3) is 0.500. The second-order valence-corrected chi connectivity index (χ2v) is 10.3. The van der Waals surface area contributed by atoms with Gasteiger partial charge in [-0.05, 0) is 51.8 Å². The summed E-state index contributed by atoms with van der Waals surface area (Å²) in [5, 5.41) is 11.1. The van der Waals surface area contributed by atoms with Crippen LogP contribution in [0.3, 0.4) is 0 Å². The maximum atomic E-state index is 13.1. The average Bonchev–Trinajstić information content (AvgIpc) is 3.47. The number of fused-ring (bicyclic) bond motifs is 1. The molecule has 15 heteroatoms. The molecule has 1 saturated heterocycles. The molecule has 4 rings (SSSR count). The topological polar surface area (TPSA) is 120 Å². The number of ether oxygens (including phenoxy) is 3. The zero-order valence-corrected chi connectivity index (χ0v) is 22.1. The van der Waals surface area contributed by atoms with Crippen molar-refractivity contribution in [3.63, 3.8) is 0 Å². The Morgan fingerprint density at radius 2 is 1.95 bits per heavy atom. The number of rotatable bonds is 7. The van der Waals surface area contributed by atoms with Crippen molar-refractivity contribution in [3.05, 3.63) is 47.1 Å². The molecule has 0 radical (unpaired) electrons. The molecule has 3 aromatic rings. The SMILES string of the molecule is CC(C)(C)OC(=O)N1C[C@@H](NC(=O)c2cc3cc(Cl)ccn3c2)CC[C@@H]1c1nnc(OCCOC(F)(F)F)o1. The van der Waals surface area contributed by atoms with Gasteiger partial charge in [0.05, 0.1) is 12.2 Å². The van der Waals surface area contributed by atoms with Crippen LogP contribution in [-0.4, -0.2) is 69.3 Å². The predicted octanol–water partition coefficient (Wildman–Crippen LogP) is 4.76. The number of aromatic nitrogens is 3. The van der Waals surface area contributed by atoms with Crippen LogP contribution in [0.5, 0.6) is 6.08 Å². The lowest BCUT2D eigenvalue weighted by Crippen LogP contribution is -2.52. The fourth-order valence-electron chi connectivity index (χ4n) is 4.04. The summed E-state index contributed by atoms with van der Waals surface area (Å²) < 4.78 is 57.8. The van der Waals surface area contributed by atoms with Crippen LogP contribution in [0.2, 0.25) is 5.02 Å². The minimum atomic E-state index is -4.78. The van der Waals surface area contributed by atoms with E-state index in [0.717, 1.165) is 5.52 Å². The molecule has 39 heavy (non-hydrogen) atoms. The van der Waals surface area contributed by atoms with E-state index in [9.17, 15) is 22.8 Å². The number of hydrogen-bond donors (Lipinski definition) is 1. The lowest BCUT2D eigenvalue weighted by atomic mass is 9.98. The van der Waals surface area contributed by atoms with Crippen molar-refractivity contribution in [1.29, 1.82) is 0 Å². The normalized spacial score (nSPS) is 18.3. The lowest BCUT2D eigenvalue weighted by molar-refractivity contribution is -0.325. The Labute approximate surface area is 226 Å². The molecule has 1 aliphatic rings. The molecule has 2 atom stereocenters. The van der Waals surface area contributed by atoms with E-state index < -0.39 is 43.4 Å². The van der Waals surface area contributed by atoms with Crippen LogP contribution in [-0.2, 0) is 9.47 Å². The maximum Gasteiger partial charge on any atom is 0.522 e. The van der Waals surface area contributed by atoms with Crippen molar-refractivity contribution in [2.45, 2.75) is 57.7 Å². The molecule has 4 heterocycles. The Balaban J connectivity index is 1.44. The number of carbonyl (C=O) groups is 2. The molecular weight excluding hydrogens is 547 g/mol. The summed E-state index contributed by atoms with van der Waals surface area (Å²) in [6.45, 7) is 4.00. The third-order valence-corrected chi connectivity index (χ3v) is 5.88. The van der Waals surface area contributed by atoms with Crippen molar-refractivity contribution >= 4 is 29.1 Å². The molecule has 0 spiro atoms. The second-order valence-electron chi connectivity index (χ2n) is 9.85. The van der Waals surface area contributed by atoms with Crippen LogP contribution in [0.15, 0.2) is 35.0 Å². The molecule has 1 fully saturated rings. The van der Waals surface area contributed by atoms with Crippen molar-refractivity contribution < 1.29 is 41.4 Å². The van der Waals surface area contributed by atoms with Gasteiger partial charge in [0.1, 0.15) is 18.2 Å². The van der Waals surface area contributed by atoms with Crippen LogP contribution >= 0.6 is 11.6 Å². The van der Waals surface area contributed by atoms with Gasteiger partial charge in [-0.2, -0.15) is 0 Å². The largest absolute Gasteiger partial charge is 0.522 e. The molecule has 2 amide bonds. The Kier molecular flexibility index (Phi) is 8.25. The highest BCUT2D eigenvalue weighted by molar-refractivity contribution is 6.30. The standard InChI is InChI=1S/C24H27ClF3N5O6/c1-23(2,3)39-22(35)33-13-16(29-19(34)14-10-17-11-15(25)6-7-32(17)12-14)4-5-18(33)20-30-31-21(38-20)36-8-9-37-24(26,27)28/h6-7,10-12,16,18H,4-5,8-9,13H2,1-3H3,(H,29,34)/t16-,18+/m0/s1.